The lowest BCUT2D eigenvalue weighted by atomic mass is 9.90. The van der Waals surface area contributed by atoms with E-state index < -0.39 is 15.8 Å². The summed E-state index contributed by atoms with van der Waals surface area (Å²) in [4.78, 5) is 8.65. The van der Waals surface area contributed by atoms with Crippen molar-refractivity contribution in [1.29, 1.82) is 0 Å². The highest BCUT2D eigenvalue weighted by Crippen LogP contribution is 2.32. The summed E-state index contributed by atoms with van der Waals surface area (Å²) < 4.78 is 47.1. The molecular formula is C22H30ClFN4O3S. The van der Waals surface area contributed by atoms with E-state index in [-0.39, 0.29) is 34.2 Å². The molecule has 7 nitrogen and oxygen atoms in total. The third-order valence-electron chi connectivity index (χ3n) is 6.11. The molecule has 0 amide bonds. The standard InChI is InChI=1S/C22H30ClFN4O3S/c1-22(27(2)3)10-6-12-28(15-22)21-18(23)13-17(14-25-21)32(29,30)26-11-9-16-7-5-8-19(31-4)20(16)24/h5,7-8,13-14,26H,6,9-12,15H2,1-4H3. The molecule has 1 aliphatic heterocycles. The smallest absolute Gasteiger partial charge is 0.242 e. The van der Waals surface area contributed by atoms with Gasteiger partial charge in [-0.1, -0.05) is 23.7 Å². The van der Waals surface area contributed by atoms with Gasteiger partial charge in [0.25, 0.3) is 0 Å². The number of hydrogen-bond donors (Lipinski definition) is 1. The molecule has 1 saturated heterocycles. The van der Waals surface area contributed by atoms with E-state index in [9.17, 15) is 12.8 Å². The number of pyridine rings is 1. The lowest BCUT2D eigenvalue weighted by molar-refractivity contribution is 0.147. The van der Waals surface area contributed by atoms with Crippen LogP contribution in [-0.4, -0.2) is 64.7 Å². The van der Waals surface area contributed by atoms with E-state index in [0.717, 1.165) is 25.9 Å². The molecule has 0 bridgehead atoms. The van der Waals surface area contributed by atoms with E-state index in [1.165, 1.54) is 25.4 Å². The second kappa shape index (κ2) is 9.91. The van der Waals surface area contributed by atoms with Gasteiger partial charge >= 0.3 is 0 Å². The Balaban J connectivity index is 1.69. The highest BCUT2D eigenvalue weighted by Gasteiger charge is 2.34. The number of hydrogen-bond acceptors (Lipinski definition) is 6. The summed E-state index contributed by atoms with van der Waals surface area (Å²) in [6.45, 7) is 3.79. The van der Waals surface area contributed by atoms with Crippen molar-refractivity contribution in [2.24, 2.45) is 0 Å². The van der Waals surface area contributed by atoms with Gasteiger partial charge in [-0.25, -0.2) is 22.5 Å². The average Bonchev–Trinajstić information content (AvgIpc) is 2.74. The fourth-order valence-corrected chi connectivity index (χ4v) is 5.22. The maximum atomic E-state index is 14.3. The van der Waals surface area contributed by atoms with Crippen molar-refractivity contribution >= 4 is 27.4 Å². The summed E-state index contributed by atoms with van der Waals surface area (Å²) in [6, 6.07) is 6.19. The number of benzene rings is 1. The second-order valence-electron chi connectivity index (χ2n) is 8.47. The molecule has 10 heteroatoms. The number of nitrogens with zero attached hydrogens (tertiary/aromatic N) is 3. The van der Waals surface area contributed by atoms with Crippen molar-refractivity contribution in [2.75, 3.05) is 45.7 Å². The number of aromatic nitrogens is 1. The largest absolute Gasteiger partial charge is 0.494 e. The molecule has 0 spiro atoms. The molecule has 32 heavy (non-hydrogen) atoms. The summed E-state index contributed by atoms with van der Waals surface area (Å²) in [5.74, 6) is 0.214. The summed E-state index contributed by atoms with van der Waals surface area (Å²) >= 11 is 6.45. The van der Waals surface area contributed by atoms with E-state index in [0.29, 0.717) is 11.4 Å². The van der Waals surface area contributed by atoms with Crippen molar-refractivity contribution in [3.05, 3.63) is 46.9 Å². The van der Waals surface area contributed by atoms with E-state index in [1.807, 2.05) is 0 Å². The van der Waals surface area contributed by atoms with Gasteiger partial charge in [-0.2, -0.15) is 0 Å². The number of anilines is 1. The minimum atomic E-state index is -3.84. The number of rotatable bonds is 8. The lowest BCUT2D eigenvalue weighted by Crippen LogP contribution is -2.54. The molecular weight excluding hydrogens is 455 g/mol. The van der Waals surface area contributed by atoms with Gasteiger partial charge in [0, 0.05) is 31.4 Å². The SMILES string of the molecule is COc1cccc(CCNS(=O)(=O)c2cnc(N3CCCC(C)(N(C)C)C3)c(Cl)c2)c1F. The number of piperidine rings is 1. The predicted octanol–water partition coefficient (Wildman–Crippen LogP) is 3.32. The fraction of sp³-hybridized carbons (Fsp3) is 0.500. The molecule has 0 saturated carbocycles. The van der Waals surface area contributed by atoms with Crippen LogP contribution in [0.1, 0.15) is 25.3 Å². The molecule has 1 unspecified atom stereocenters. The number of halogens is 2. The third-order valence-corrected chi connectivity index (χ3v) is 7.82. The van der Waals surface area contributed by atoms with Crippen molar-refractivity contribution in [3.8, 4) is 5.75 Å². The molecule has 1 aliphatic rings. The topological polar surface area (TPSA) is 74.8 Å². The van der Waals surface area contributed by atoms with Crippen molar-refractivity contribution in [2.45, 2.75) is 36.6 Å². The number of nitrogens with one attached hydrogen (secondary N) is 1. The highest BCUT2D eigenvalue weighted by molar-refractivity contribution is 7.89. The first-order chi connectivity index (χ1) is 15.1. The Kier molecular flexibility index (Phi) is 7.65. The molecule has 1 N–H and O–H groups in total. The first kappa shape index (κ1) is 24.7. The van der Waals surface area contributed by atoms with Crippen LogP contribution in [0.25, 0.3) is 0 Å². The fourth-order valence-electron chi connectivity index (χ4n) is 3.87. The Morgan fingerprint density at radius 1 is 1.38 bits per heavy atom. The quantitative estimate of drug-likeness (QED) is 0.619. The predicted molar refractivity (Wildman–Crippen MR) is 125 cm³/mol. The minimum Gasteiger partial charge on any atom is -0.494 e. The molecule has 2 aromatic rings. The molecule has 0 aliphatic carbocycles. The van der Waals surface area contributed by atoms with Gasteiger partial charge in [0.1, 0.15) is 10.7 Å². The molecule has 1 atom stereocenters. The normalized spacial score (nSPS) is 19.4. The van der Waals surface area contributed by atoms with Crippen LogP contribution in [0.3, 0.4) is 0 Å². The minimum absolute atomic E-state index is 0.00897. The Morgan fingerprint density at radius 3 is 2.78 bits per heavy atom. The monoisotopic (exact) mass is 484 g/mol. The summed E-state index contributed by atoms with van der Waals surface area (Å²) in [5, 5.41) is 0.287. The second-order valence-corrected chi connectivity index (χ2v) is 10.6. The molecule has 1 aromatic heterocycles. The molecule has 176 valence electrons. The molecule has 1 fully saturated rings. The first-order valence-corrected chi connectivity index (χ1v) is 12.3. The number of methoxy groups -OCH3 is 1. The zero-order valence-electron chi connectivity index (χ0n) is 18.9. The number of ether oxygens (including phenoxy) is 1. The van der Waals surface area contributed by atoms with Crippen molar-refractivity contribution in [1.82, 2.24) is 14.6 Å². The number of sulfonamides is 1. The van der Waals surface area contributed by atoms with Crippen LogP contribution in [-0.2, 0) is 16.4 Å². The average molecular weight is 485 g/mol. The van der Waals surface area contributed by atoms with Crippen LogP contribution in [0, 0.1) is 5.82 Å². The van der Waals surface area contributed by atoms with Gasteiger partial charge in [-0.05, 0) is 58.0 Å². The van der Waals surface area contributed by atoms with Crippen molar-refractivity contribution < 1.29 is 17.5 Å². The van der Waals surface area contributed by atoms with Gasteiger partial charge < -0.3 is 14.5 Å². The van der Waals surface area contributed by atoms with Gasteiger partial charge in [-0.15, -0.1) is 0 Å². The third kappa shape index (κ3) is 5.33. The van der Waals surface area contributed by atoms with Crippen LogP contribution >= 0.6 is 11.6 Å². The molecule has 3 rings (SSSR count). The zero-order valence-corrected chi connectivity index (χ0v) is 20.4. The van der Waals surface area contributed by atoms with E-state index in [1.54, 1.807) is 12.1 Å². The van der Waals surface area contributed by atoms with E-state index >= 15 is 0 Å². The first-order valence-electron chi connectivity index (χ1n) is 10.5. The summed E-state index contributed by atoms with van der Waals surface area (Å²) in [5.41, 5.74) is 0.359. The van der Waals surface area contributed by atoms with Gasteiger partial charge in [0.05, 0.1) is 12.1 Å². The molecule has 1 aromatic carbocycles. The van der Waals surface area contributed by atoms with Crippen molar-refractivity contribution in [3.63, 3.8) is 0 Å². The lowest BCUT2D eigenvalue weighted by Gasteiger charge is -2.45. The Bertz CT molecular complexity index is 1070. The molecule has 2 heterocycles. The van der Waals surface area contributed by atoms with Gasteiger partial charge in [-0.3, -0.25) is 0 Å². The van der Waals surface area contributed by atoms with E-state index in [2.05, 4.69) is 40.5 Å². The summed E-state index contributed by atoms with van der Waals surface area (Å²) in [7, 11) is 1.65. The Morgan fingerprint density at radius 2 is 2.12 bits per heavy atom. The van der Waals surface area contributed by atoms with Crippen LogP contribution in [0.15, 0.2) is 35.4 Å². The maximum absolute atomic E-state index is 14.3. The van der Waals surface area contributed by atoms with Crippen LogP contribution in [0.5, 0.6) is 5.75 Å². The van der Waals surface area contributed by atoms with Crippen LogP contribution in [0.2, 0.25) is 5.02 Å². The Hall–Kier alpha value is -1.94. The maximum Gasteiger partial charge on any atom is 0.242 e. The number of likely N-dealkylation sites (N-methyl/N-ethyl adjacent to an activating group) is 1. The Labute approximate surface area is 194 Å². The molecule has 0 radical (unpaired) electrons. The van der Waals surface area contributed by atoms with E-state index in [4.69, 9.17) is 16.3 Å². The van der Waals surface area contributed by atoms with Crippen LogP contribution in [0.4, 0.5) is 10.2 Å². The van der Waals surface area contributed by atoms with Crippen LogP contribution < -0.4 is 14.4 Å². The zero-order chi connectivity index (χ0) is 23.5. The van der Waals surface area contributed by atoms with Gasteiger partial charge in [0.2, 0.25) is 10.0 Å². The highest BCUT2D eigenvalue weighted by atomic mass is 35.5. The van der Waals surface area contributed by atoms with Gasteiger partial charge in [0.15, 0.2) is 11.6 Å². The summed E-state index contributed by atoms with van der Waals surface area (Å²) in [6.07, 6.45) is 3.56.